The summed E-state index contributed by atoms with van der Waals surface area (Å²) in [5.74, 6) is 0.670. The Morgan fingerprint density at radius 3 is 2.18 bits per heavy atom. The SMILES string of the molecule is CCOC(=O)C1CN(C(=O)NC2(c3ccccc3)CCN(CCC3(c4ccc(Cl)c(Cl)c4)CCN(C(=O)c4cc(OC)c(OC)c(OC)c4)C3)CC2)CCO1. The lowest BCUT2D eigenvalue weighted by Gasteiger charge is -2.45. The maximum absolute atomic E-state index is 14.1. The molecule has 0 aromatic heterocycles. The molecule has 3 heterocycles. The number of amides is 3. The number of ether oxygens (including phenoxy) is 5. The Bertz CT molecular complexity index is 1810. The molecule has 0 spiro atoms. The summed E-state index contributed by atoms with van der Waals surface area (Å²) in [5, 5.41) is 4.34. The minimum absolute atomic E-state index is 0.128. The summed E-state index contributed by atoms with van der Waals surface area (Å²) < 4.78 is 27.3. The highest BCUT2D eigenvalue weighted by atomic mass is 35.5. The molecule has 3 saturated heterocycles. The van der Waals surface area contributed by atoms with Crippen LogP contribution < -0.4 is 19.5 Å². The number of benzene rings is 3. The van der Waals surface area contributed by atoms with Gasteiger partial charge in [-0.2, -0.15) is 0 Å². The van der Waals surface area contributed by atoms with Crippen molar-refractivity contribution in [3.63, 3.8) is 0 Å². The molecule has 12 nitrogen and oxygen atoms in total. The summed E-state index contributed by atoms with van der Waals surface area (Å²) in [5.41, 5.74) is 1.56. The number of urea groups is 1. The summed E-state index contributed by atoms with van der Waals surface area (Å²) in [6.45, 7) is 6.08. The highest BCUT2D eigenvalue weighted by Gasteiger charge is 2.44. The van der Waals surface area contributed by atoms with Crippen LogP contribution in [-0.2, 0) is 25.2 Å². The second-order valence-corrected chi connectivity index (χ2v) is 15.1. The zero-order valence-corrected chi connectivity index (χ0v) is 33.4. The van der Waals surface area contributed by atoms with E-state index in [9.17, 15) is 14.4 Å². The van der Waals surface area contributed by atoms with Gasteiger partial charge in [-0.05, 0) is 74.5 Å². The van der Waals surface area contributed by atoms with E-state index in [1.807, 2.05) is 41.3 Å². The van der Waals surface area contributed by atoms with Gasteiger partial charge in [0.1, 0.15) is 0 Å². The van der Waals surface area contributed by atoms with Crippen LogP contribution in [0.4, 0.5) is 4.79 Å². The Hall–Kier alpha value is -4.23. The first-order chi connectivity index (χ1) is 26.5. The molecule has 0 aliphatic carbocycles. The van der Waals surface area contributed by atoms with Gasteiger partial charge in [0, 0.05) is 43.7 Å². The fourth-order valence-corrected chi connectivity index (χ4v) is 8.41. The maximum Gasteiger partial charge on any atom is 0.337 e. The van der Waals surface area contributed by atoms with Crippen LogP contribution in [0, 0.1) is 0 Å². The Kier molecular flexibility index (Phi) is 13.0. The molecule has 3 aliphatic rings. The third kappa shape index (κ3) is 8.77. The average Bonchev–Trinajstić information content (AvgIpc) is 3.66. The molecular weight excluding hydrogens is 747 g/mol. The van der Waals surface area contributed by atoms with Gasteiger partial charge >= 0.3 is 12.0 Å². The van der Waals surface area contributed by atoms with Crippen molar-refractivity contribution in [3.8, 4) is 17.2 Å². The minimum atomic E-state index is -0.805. The topological polar surface area (TPSA) is 119 Å². The standard InChI is InChI=1S/C41H50Cl2N4O8/c1-5-54-38(49)35-26-46(21-22-55-35)39(50)44-41(29-9-7-6-8-10-29)15-18-45(19-16-41)17-13-40(30-11-12-31(42)32(43)25-30)14-20-47(27-40)37(48)28-23-33(51-2)36(53-4)34(24-28)52-3/h6-12,23-25,35H,5,13-22,26-27H2,1-4H3,(H,44,50). The highest BCUT2D eigenvalue weighted by molar-refractivity contribution is 6.42. The third-order valence-electron chi connectivity index (χ3n) is 11.3. The van der Waals surface area contributed by atoms with Gasteiger partial charge in [-0.25, -0.2) is 9.59 Å². The van der Waals surface area contributed by atoms with Gasteiger partial charge in [-0.15, -0.1) is 0 Å². The fraction of sp³-hybridized carbons (Fsp3) is 0.488. The molecule has 3 aromatic carbocycles. The zero-order chi connectivity index (χ0) is 39.2. The van der Waals surface area contributed by atoms with Crippen LogP contribution in [-0.4, -0.2) is 119 Å². The molecule has 0 bridgehead atoms. The highest BCUT2D eigenvalue weighted by Crippen LogP contribution is 2.43. The Morgan fingerprint density at radius 1 is 0.836 bits per heavy atom. The predicted molar refractivity (Wildman–Crippen MR) is 210 cm³/mol. The summed E-state index contributed by atoms with van der Waals surface area (Å²) in [6.07, 6.45) is 2.10. The van der Waals surface area contributed by atoms with Gasteiger partial charge in [0.15, 0.2) is 17.6 Å². The van der Waals surface area contributed by atoms with E-state index in [1.165, 1.54) is 21.3 Å². The monoisotopic (exact) mass is 796 g/mol. The van der Waals surface area contributed by atoms with E-state index in [0.717, 1.165) is 43.6 Å². The lowest BCUT2D eigenvalue weighted by atomic mass is 9.76. The summed E-state index contributed by atoms with van der Waals surface area (Å²) >= 11 is 13.0. The van der Waals surface area contributed by atoms with Crippen molar-refractivity contribution in [2.24, 2.45) is 0 Å². The Labute approximate surface area is 332 Å². The molecular formula is C41H50Cl2N4O8. The fourth-order valence-electron chi connectivity index (χ4n) is 8.11. The van der Waals surface area contributed by atoms with Crippen molar-refractivity contribution in [1.82, 2.24) is 20.0 Å². The van der Waals surface area contributed by atoms with E-state index < -0.39 is 17.6 Å². The number of morpholine rings is 1. The van der Waals surface area contributed by atoms with E-state index in [2.05, 4.69) is 22.3 Å². The minimum Gasteiger partial charge on any atom is -0.493 e. The van der Waals surface area contributed by atoms with Crippen LogP contribution in [0.5, 0.6) is 17.2 Å². The van der Waals surface area contributed by atoms with Crippen LogP contribution in [0.2, 0.25) is 10.0 Å². The molecule has 3 amide bonds. The average molecular weight is 798 g/mol. The Balaban J connectivity index is 1.18. The van der Waals surface area contributed by atoms with Crippen molar-refractivity contribution in [3.05, 3.63) is 87.4 Å². The summed E-state index contributed by atoms with van der Waals surface area (Å²) in [4.78, 5) is 46.3. The lowest BCUT2D eigenvalue weighted by molar-refractivity contribution is -0.160. The van der Waals surface area contributed by atoms with Gasteiger partial charge in [-0.1, -0.05) is 59.6 Å². The number of halogens is 2. The quantitative estimate of drug-likeness (QED) is 0.215. The molecule has 3 aliphatic heterocycles. The van der Waals surface area contributed by atoms with Crippen molar-refractivity contribution >= 4 is 41.1 Å². The molecule has 3 fully saturated rings. The number of hydrogen-bond acceptors (Lipinski definition) is 9. The number of nitrogens with one attached hydrogen (secondary N) is 1. The summed E-state index contributed by atoms with van der Waals surface area (Å²) in [7, 11) is 4.59. The number of rotatable bonds is 12. The van der Waals surface area contributed by atoms with Gasteiger partial charge in [0.2, 0.25) is 5.75 Å². The van der Waals surface area contributed by atoms with Crippen molar-refractivity contribution < 1.29 is 38.1 Å². The number of likely N-dealkylation sites (tertiary alicyclic amines) is 2. The van der Waals surface area contributed by atoms with E-state index in [-0.39, 0.29) is 37.1 Å². The molecule has 296 valence electrons. The number of carbonyl (C=O) groups is 3. The third-order valence-corrected chi connectivity index (χ3v) is 12.0. The van der Waals surface area contributed by atoms with E-state index in [1.54, 1.807) is 24.0 Å². The maximum atomic E-state index is 14.1. The first kappa shape index (κ1) is 40.4. The van der Waals surface area contributed by atoms with E-state index >= 15 is 0 Å². The normalized spacial score (nSPS) is 21.2. The molecule has 55 heavy (non-hydrogen) atoms. The van der Waals surface area contributed by atoms with E-state index in [0.29, 0.717) is 65.3 Å². The molecule has 2 atom stereocenters. The Morgan fingerprint density at radius 2 is 1.55 bits per heavy atom. The first-order valence-corrected chi connectivity index (χ1v) is 19.5. The van der Waals surface area contributed by atoms with Crippen molar-refractivity contribution in [1.29, 1.82) is 0 Å². The number of esters is 1. The van der Waals surface area contributed by atoms with Crippen LogP contribution in [0.1, 0.15) is 54.1 Å². The van der Waals surface area contributed by atoms with Gasteiger partial charge in [0.25, 0.3) is 5.91 Å². The molecule has 1 N–H and O–H groups in total. The van der Waals surface area contributed by atoms with Crippen molar-refractivity contribution in [2.45, 2.75) is 49.7 Å². The molecule has 6 rings (SSSR count). The number of carbonyl (C=O) groups excluding carboxylic acids is 3. The predicted octanol–water partition coefficient (Wildman–Crippen LogP) is 6.16. The van der Waals surface area contributed by atoms with Gasteiger partial charge in [0.05, 0.1) is 56.7 Å². The number of piperidine rings is 1. The number of hydrogen-bond donors (Lipinski definition) is 1. The molecule has 2 unspecified atom stereocenters. The van der Waals surface area contributed by atoms with Crippen LogP contribution in [0.25, 0.3) is 0 Å². The van der Waals surface area contributed by atoms with Crippen LogP contribution in [0.15, 0.2) is 60.7 Å². The molecule has 3 aromatic rings. The van der Waals surface area contributed by atoms with E-state index in [4.69, 9.17) is 46.9 Å². The van der Waals surface area contributed by atoms with Crippen molar-refractivity contribution in [2.75, 3.05) is 80.4 Å². The lowest BCUT2D eigenvalue weighted by Crippen LogP contribution is -2.59. The molecule has 0 saturated carbocycles. The zero-order valence-electron chi connectivity index (χ0n) is 31.9. The largest absolute Gasteiger partial charge is 0.493 e. The summed E-state index contributed by atoms with van der Waals surface area (Å²) in [6, 6.07) is 19.0. The first-order valence-electron chi connectivity index (χ1n) is 18.7. The van der Waals surface area contributed by atoms with Crippen LogP contribution >= 0.6 is 23.2 Å². The number of methoxy groups -OCH3 is 3. The van der Waals surface area contributed by atoms with Gasteiger partial charge in [-0.3, -0.25) is 4.79 Å². The second kappa shape index (κ2) is 17.7. The molecule has 14 heteroatoms. The molecule has 0 radical (unpaired) electrons. The smallest absolute Gasteiger partial charge is 0.337 e. The van der Waals surface area contributed by atoms with Crippen LogP contribution in [0.3, 0.4) is 0 Å². The number of nitrogens with zero attached hydrogens (tertiary/aromatic N) is 3. The van der Waals surface area contributed by atoms with Gasteiger partial charge < -0.3 is 43.7 Å². The second-order valence-electron chi connectivity index (χ2n) is 14.3.